The average Bonchev–Trinajstić information content (AvgIpc) is 3.29. The lowest BCUT2D eigenvalue weighted by Crippen LogP contribution is -2.43. The number of carbonyl (C=O) groups excluding carboxylic acids is 2. The van der Waals surface area contributed by atoms with Gasteiger partial charge in [-0.3, -0.25) is 9.36 Å². The standard InChI is InChI=1S/C30H43N5O4/c1-5-6-14-33-29(37)21(4)16-26(36)24(31)17-22(20(2)3)18-34-30(38)39-27-19-35(28-13-9-10-15-32-28)25-12-8-7-11-23(25)27/h7-13,15,19-22,24,26,36H,5-6,14,16-18,31H2,1-4H3,(H,33,37)(H,34,38)/t21-,22+,24+,26+/m1/s1. The Balaban J connectivity index is 1.57. The Bertz CT molecular complexity index is 1200. The van der Waals surface area contributed by atoms with Gasteiger partial charge in [-0.15, -0.1) is 0 Å². The molecule has 0 unspecified atom stereocenters. The first kappa shape index (κ1) is 30.1. The van der Waals surface area contributed by atoms with Crippen molar-refractivity contribution in [3.63, 3.8) is 0 Å². The van der Waals surface area contributed by atoms with Gasteiger partial charge >= 0.3 is 6.09 Å². The molecule has 0 aliphatic rings. The summed E-state index contributed by atoms with van der Waals surface area (Å²) in [6.07, 6.45) is 4.83. The molecule has 0 aliphatic heterocycles. The van der Waals surface area contributed by atoms with Gasteiger partial charge in [-0.05, 0) is 55.4 Å². The normalized spacial score (nSPS) is 14.5. The summed E-state index contributed by atoms with van der Waals surface area (Å²) >= 11 is 0. The lowest BCUT2D eigenvalue weighted by atomic mass is 9.86. The molecular weight excluding hydrogens is 494 g/mol. The van der Waals surface area contributed by atoms with E-state index in [1.807, 2.05) is 47.0 Å². The van der Waals surface area contributed by atoms with E-state index in [0.717, 1.165) is 29.6 Å². The third-order valence-corrected chi connectivity index (χ3v) is 7.17. The minimum Gasteiger partial charge on any atom is -0.408 e. The molecule has 0 bridgehead atoms. The van der Waals surface area contributed by atoms with E-state index in [1.54, 1.807) is 19.3 Å². The molecule has 2 amide bonds. The number of aliphatic hydroxyl groups excluding tert-OH is 1. The smallest absolute Gasteiger partial charge is 0.408 e. The second kappa shape index (κ2) is 14.6. The Morgan fingerprint density at radius 2 is 1.82 bits per heavy atom. The van der Waals surface area contributed by atoms with E-state index in [2.05, 4.69) is 36.4 Å². The van der Waals surface area contributed by atoms with E-state index < -0.39 is 18.2 Å². The third kappa shape index (κ3) is 8.53. The van der Waals surface area contributed by atoms with Crippen LogP contribution in [0.3, 0.4) is 0 Å². The molecule has 9 nitrogen and oxygen atoms in total. The summed E-state index contributed by atoms with van der Waals surface area (Å²) in [5.74, 6) is 0.998. The van der Waals surface area contributed by atoms with Crippen molar-refractivity contribution in [3.05, 3.63) is 54.9 Å². The maximum Gasteiger partial charge on any atom is 0.412 e. The van der Waals surface area contributed by atoms with Gasteiger partial charge in [0.1, 0.15) is 5.82 Å². The van der Waals surface area contributed by atoms with Crippen molar-refractivity contribution >= 4 is 22.9 Å². The maximum absolute atomic E-state index is 12.8. The number of aromatic nitrogens is 2. The number of nitrogens with zero attached hydrogens (tertiary/aromatic N) is 2. The van der Waals surface area contributed by atoms with E-state index in [0.29, 0.717) is 31.7 Å². The van der Waals surface area contributed by atoms with Gasteiger partial charge in [0.05, 0.1) is 17.8 Å². The summed E-state index contributed by atoms with van der Waals surface area (Å²) in [6.45, 7) is 8.98. The molecular formula is C30H43N5O4. The number of unbranched alkanes of at least 4 members (excludes halogenated alkanes) is 1. The van der Waals surface area contributed by atoms with Crippen molar-refractivity contribution in [2.24, 2.45) is 23.5 Å². The van der Waals surface area contributed by atoms with Crippen LogP contribution in [-0.4, -0.2) is 51.9 Å². The lowest BCUT2D eigenvalue weighted by Gasteiger charge is -2.28. The second-order valence-electron chi connectivity index (χ2n) is 10.6. The van der Waals surface area contributed by atoms with Crippen LogP contribution >= 0.6 is 0 Å². The van der Waals surface area contributed by atoms with E-state index in [1.165, 1.54) is 0 Å². The lowest BCUT2D eigenvalue weighted by molar-refractivity contribution is -0.125. The topological polar surface area (TPSA) is 132 Å². The van der Waals surface area contributed by atoms with E-state index >= 15 is 0 Å². The quantitative estimate of drug-likeness (QED) is 0.225. The fraction of sp³-hybridized carbons (Fsp3) is 0.500. The first-order valence-corrected chi connectivity index (χ1v) is 13.9. The van der Waals surface area contributed by atoms with E-state index in [9.17, 15) is 14.7 Å². The summed E-state index contributed by atoms with van der Waals surface area (Å²) in [5, 5.41) is 17.3. The van der Waals surface area contributed by atoms with Gasteiger partial charge in [-0.2, -0.15) is 0 Å². The van der Waals surface area contributed by atoms with Gasteiger partial charge in [0, 0.05) is 36.6 Å². The second-order valence-corrected chi connectivity index (χ2v) is 10.6. The zero-order valence-electron chi connectivity index (χ0n) is 23.5. The monoisotopic (exact) mass is 537 g/mol. The van der Waals surface area contributed by atoms with Crippen molar-refractivity contribution in [1.82, 2.24) is 20.2 Å². The van der Waals surface area contributed by atoms with Crippen LogP contribution in [0.2, 0.25) is 0 Å². The summed E-state index contributed by atoms with van der Waals surface area (Å²) < 4.78 is 7.60. The van der Waals surface area contributed by atoms with E-state index in [-0.39, 0.29) is 23.7 Å². The fourth-order valence-corrected chi connectivity index (χ4v) is 4.57. The number of amides is 2. The highest BCUT2D eigenvalue weighted by molar-refractivity contribution is 5.90. The Morgan fingerprint density at radius 3 is 2.51 bits per heavy atom. The van der Waals surface area contributed by atoms with Crippen LogP contribution in [0.5, 0.6) is 5.75 Å². The molecule has 2 heterocycles. The summed E-state index contributed by atoms with van der Waals surface area (Å²) in [7, 11) is 0. The number of para-hydroxylation sites is 1. The maximum atomic E-state index is 12.8. The number of rotatable bonds is 14. The van der Waals surface area contributed by atoms with Gasteiger partial charge in [0.15, 0.2) is 5.75 Å². The SMILES string of the molecule is CCCCNC(=O)[C@H](C)C[C@H](O)[C@@H](N)C[C@@H](CNC(=O)Oc1cn(-c2ccccn2)c2ccccc12)C(C)C. The van der Waals surface area contributed by atoms with Crippen LogP contribution in [0, 0.1) is 17.8 Å². The Hall–Kier alpha value is -3.43. The Morgan fingerprint density at radius 1 is 1.08 bits per heavy atom. The minimum atomic E-state index is -0.817. The highest BCUT2D eigenvalue weighted by Gasteiger charge is 2.26. The number of fused-ring (bicyclic) bond motifs is 1. The summed E-state index contributed by atoms with van der Waals surface area (Å²) in [6, 6.07) is 12.8. The van der Waals surface area contributed by atoms with Gasteiger partial charge in [0.2, 0.25) is 5.91 Å². The van der Waals surface area contributed by atoms with Crippen LogP contribution in [0.15, 0.2) is 54.9 Å². The van der Waals surface area contributed by atoms with Crippen LogP contribution in [-0.2, 0) is 4.79 Å². The Kier molecular flexibility index (Phi) is 11.3. The zero-order valence-corrected chi connectivity index (χ0v) is 23.5. The van der Waals surface area contributed by atoms with E-state index in [4.69, 9.17) is 10.5 Å². The van der Waals surface area contributed by atoms with Crippen molar-refractivity contribution in [2.75, 3.05) is 13.1 Å². The molecule has 3 aromatic rings. The van der Waals surface area contributed by atoms with Crippen molar-refractivity contribution in [3.8, 4) is 11.6 Å². The number of hydrogen-bond donors (Lipinski definition) is 4. The number of hydrogen-bond acceptors (Lipinski definition) is 6. The first-order chi connectivity index (χ1) is 18.7. The van der Waals surface area contributed by atoms with Crippen molar-refractivity contribution in [2.45, 2.75) is 65.5 Å². The van der Waals surface area contributed by atoms with Crippen LogP contribution in [0.25, 0.3) is 16.7 Å². The third-order valence-electron chi connectivity index (χ3n) is 7.17. The Labute approximate surface area is 231 Å². The molecule has 1 aromatic carbocycles. The first-order valence-electron chi connectivity index (χ1n) is 13.9. The number of pyridine rings is 1. The molecule has 9 heteroatoms. The molecule has 2 aromatic heterocycles. The fourth-order valence-electron chi connectivity index (χ4n) is 4.57. The number of nitrogens with one attached hydrogen (secondary N) is 2. The van der Waals surface area contributed by atoms with Gasteiger partial charge < -0.3 is 26.2 Å². The average molecular weight is 538 g/mol. The highest BCUT2D eigenvalue weighted by Crippen LogP contribution is 2.30. The molecule has 3 rings (SSSR count). The van der Waals surface area contributed by atoms with Gasteiger partial charge in [0.25, 0.3) is 0 Å². The highest BCUT2D eigenvalue weighted by atomic mass is 16.6. The summed E-state index contributed by atoms with van der Waals surface area (Å²) in [5.41, 5.74) is 7.22. The molecule has 4 atom stereocenters. The molecule has 39 heavy (non-hydrogen) atoms. The molecule has 5 N–H and O–H groups in total. The molecule has 0 spiro atoms. The van der Waals surface area contributed by atoms with Crippen LogP contribution in [0.1, 0.15) is 53.4 Å². The number of ether oxygens (including phenoxy) is 1. The summed E-state index contributed by atoms with van der Waals surface area (Å²) in [4.78, 5) is 29.5. The number of benzene rings is 1. The molecule has 0 saturated carbocycles. The molecule has 0 radical (unpaired) electrons. The largest absolute Gasteiger partial charge is 0.412 e. The molecule has 212 valence electrons. The molecule has 0 aliphatic carbocycles. The number of aliphatic hydroxyl groups is 1. The van der Waals surface area contributed by atoms with Crippen molar-refractivity contribution in [1.29, 1.82) is 0 Å². The van der Waals surface area contributed by atoms with Gasteiger partial charge in [-0.25, -0.2) is 9.78 Å². The number of carbonyl (C=O) groups is 2. The van der Waals surface area contributed by atoms with Gasteiger partial charge in [-0.1, -0.05) is 52.3 Å². The van der Waals surface area contributed by atoms with Crippen molar-refractivity contribution < 1.29 is 19.4 Å². The predicted octanol–water partition coefficient (Wildman–Crippen LogP) is 4.41. The predicted molar refractivity (Wildman–Crippen MR) is 154 cm³/mol. The molecule has 0 saturated heterocycles. The van der Waals surface area contributed by atoms with Crippen LogP contribution < -0.4 is 21.1 Å². The molecule has 0 fully saturated rings. The van der Waals surface area contributed by atoms with Crippen LogP contribution in [0.4, 0.5) is 4.79 Å². The number of nitrogens with two attached hydrogens (primary N) is 1. The zero-order chi connectivity index (χ0) is 28.4. The minimum absolute atomic E-state index is 0.0192.